The smallest absolute Gasteiger partial charge is 0.339 e. The molecule has 0 unspecified atom stereocenters. The molecule has 2 aromatic heterocycles. The van der Waals surface area contributed by atoms with Crippen molar-refractivity contribution in [3.05, 3.63) is 63.9 Å². The van der Waals surface area contributed by atoms with Gasteiger partial charge in [0.2, 0.25) is 5.89 Å². The molecule has 7 heteroatoms. The fourth-order valence-electron chi connectivity index (χ4n) is 2.18. The topological polar surface area (TPSA) is 89.6 Å². The molecule has 22 heavy (non-hydrogen) atoms. The van der Waals surface area contributed by atoms with E-state index >= 15 is 0 Å². The summed E-state index contributed by atoms with van der Waals surface area (Å²) >= 11 is 0. The van der Waals surface area contributed by atoms with E-state index < -0.39 is 0 Å². The summed E-state index contributed by atoms with van der Waals surface area (Å²) in [5.41, 5.74) is 0.820. The number of aromatic amines is 1. The van der Waals surface area contributed by atoms with Gasteiger partial charge in [0.05, 0.1) is 0 Å². The highest BCUT2D eigenvalue weighted by Gasteiger charge is 2.11. The van der Waals surface area contributed by atoms with Crippen LogP contribution in [0.5, 0.6) is 0 Å². The third-order valence-corrected chi connectivity index (χ3v) is 3.21. The first kappa shape index (κ1) is 14.2. The molecular weight excluding hydrogens is 282 g/mol. The Balaban J connectivity index is 1.73. The maximum absolute atomic E-state index is 11.9. The lowest BCUT2D eigenvalue weighted by atomic mass is 10.1. The molecule has 3 rings (SSSR count). The van der Waals surface area contributed by atoms with Gasteiger partial charge >= 0.3 is 5.69 Å². The number of H-pyrrole nitrogens is 1. The van der Waals surface area contributed by atoms with Gasteiger partial charge in [0, 0.05) is 12.8 Å². The molecule has 0 aliphatic heterocycles. The van der Waals surface area contributed by atoms with Crippen molar-refractivity contribution in [3.8, 4) is 0 Å². The Labute approximate surface area is 127 Å². The monoisotopic (exact) mass is 299 g/mol. The molecule has 0 aliphatic carbocycles. The molecule has 0 atom stereocenters. The number of hydrogen-bond donors (Lipinski definition) is 1. The zero-order valence-electron chi connectivity index (χ0n) is 12.3. The predicted octanol–water partition coefficient (Wildman–Crippen LogP) is 1.55. The normalized spacial score (nSPS) is 11.0. The van der Waals surface area contributed by atoms with E-state index in [0.29, 0.717) is 24.0 Å². The molecular formula is C15H17N5O2. The average Bonchev–Trinajstić information content (AvgIpc) is 3.08. The third kappa shape index (κ3) is 3.30. The van der Waals surface area contributed by atoms with E-state index in [1.54, 1.807) is 0 Å². The van der Waals surface area contributed by atoms with Crippen molar-refractivity contribution < 1.29 is 4.52 Å². The summed E-state index contributed by atoms with van der Waals surface area (Å²) in [7, 11) is 0. The molecule has 0 aliphatic rings. The summed E-state index contributed by atoms with van der Waals surface area (Å²) in [5.74, 6) is 1.67. The van der Waals surface area contributed by atoms with Gasteiger partial charge in [-0.05, 0) is 12.0 Å². The van der Waals surface area contributed by atoms with Gasteiger partial charge in [0.25, 0.3) is 0 Å². The molecule has 0 fully saturated rings. The van der Waals surface area contributed by atoms with Gasteiger partial charge in [-0.2, -0.15) is 10.1 Å². The van der Waals surface area contributed by atoms with E-state index in [2.05, 4.69) is 20.2 Å². The Morgan fingerprint density at radius 2 is 2.09 bits per heavy atom. The average molecular weight is 299 g/mol. The molecule has 2 heterocycles. The van der Waals surface area contributed by atoms with Crippen LogP contribution in [0.25, 0.3) is 0 Å². The highest BCUT2D eigenvalue weighted by Crippen LogP contribution is 2.04. The lowest BCUT2D eigenvalue weighted by Gasteiger charge is -1.96. The van der Waals surface area contributed by atoms with Crippen LogP contribution >= 0.6 is 0 Å². The summed E-state index contributed by atoms with van der Waals surface area (Å²) in [6.07, 6.45) is 2.25. The number of nitrogens with one attached hydrogen (secondary N) is 1. The van der Waals surface area contributed by atoms with E-state index in [1.807, 2.05) is 37.3 Å². The van der Waals surface area contributed by atoms with Crippen LogP contribution < -0.4 is 5.69 Å². The molecule has 114 valence electrons. The van der Waals surface area contributed by atoms with Crippen molar-refractivity contribution in [3.63, 3.8) is 0 Å². The molecule has 0 saturated heterocycles. The Morgan fingerprint density at radius 3 is 2.86 bits per heavy atom. The number of nitrogens with zero attached hydrogens (tertiary/aromatic N) is 4. The lowest BCUT2D eigenvalue weighted by Crippen LogP contribution is -2.19. The second-order valence-electron chi connectivity index (χ2n) is 5.05. The molecule has 1 aromatic carbocycles. The third-order valence-electron chi connectivity index (χ3n) is 3.21. The summed E-state index contributed by atoms with van der Waals surface area (Å²) in [5, 5.41) is 8.15. The van der Waals surface area contributed by atoms with Gasteiger partial charge in [-0.15, -0.1) is 0 Å². The van der Waals surface area contributed by atoms with Crippen LogP contribution in [0.1, 0.15) is 36.4 Å². The van der Waals surface area contributed by atoms with Crippen molar-refractivity contribution in [1.29, 1.82) is 0 Å². The molecule has 0 radical (unpaired) electrons. The second-order valence-corrected chi connectivity index (χ2v) is 5.05. The van der Waals surface area contributed by atoms with Crippen LogP contribution in [0, 0.1) is 0 Å². The van der Waals surface area contributed by atoms with Gasteiger partial charge in [-0.25, -0.2) is 9.48 Å². The fraction of sp³-hybridized carbons (Fsp3) is 0.333. The highest BCUT2D eigenvalue weighted by atomic mass is 16.5. The number of aryl methyl sites for hydroxylation is 1. The summed E-state index contributed by atoms with van der Waals surface area (Å²) < 4.78 is 6.42. The van der Waals surface area contributed by atoms with E-state index in [-0.39, 0.29) is 12.2 Å². The molecule has 0 amide bonds. The molecule has 1 N–H and O–H groups in total. The zero-order valence-corrected chi connectivity index (χ0v) is 12.3. The fourth-order valence-corrected chi connectivity index (χ4v) is 2.18. The number of benzene rings is 1. The first-order valence-corrected chi connectivity index (χ1v) is 7.26. The second kappa shape index (κ2) is 6.38. The van der Waals surface area contributed by atoms with E-state index in [9.17, 15) is 4.79 Å². The maximum Gasteiger partial charge on any atom is 0.343 e. The Morgan fingerprint density at radius 1 is 1.27 bits per heavy atom. The number of rotatable bonds is 6. The summed E-state index contributed by atoms with van der Waals surface area (Å²) in [4.78, 5) is 18.9. The molecule has 7 nitrogen and oxygen atoms in total. The first-order chi connectivity index (χ1) is 10.7. The molecule has 3 aromatic rings. The summed E-state index contributed by atoms with van der Waals surface area (Å²) in [6.45, 7) is 2.25. The lowest BCUT2D eigenvalue weighted by molar-refractivity contribution is 0.370. The van der Waals surface area contributed by atoms with Crippen LogP contribution in [-0.4, -0.2) is 24.9 Å². The van der Waals surface area contributed by atoms with Crippen molar-refractivity contribution in [2.75, 3.05) is 0 Å². The summed E-state index contributed by atoms with van der Waals surface area (Å²) in [6, 6.07) is 9.86. The van der Waals surface area contributed by atoms with E-state index in [0.717, 1.165) is 18.4 Å². The van der Waals surface area contributed by atoms with E-state index in [4.69, 9.17) is 4.52 Å². The maximum atomic E-state index is 11.9. The molecule has 0 bridgehead atoms. The van der Waals surface area contributed by atoms with Crippen LogP contribution in [-0.2, 0) is 19.4 Å². The minimum Gasteiger partial charge on any atom is -0.339 e. The largest absolute Gasteiger partial charge is 0.343 e. The van der Waals surface area contributed by atoms with E-state index in [1.165, 1.54) is 4.68 Å². The van der Waals surface area contributed by atoms with Crippen LogP contribution in [0.4, 0.5) is 0 Å². The van der Waals surface area contributed by atoms with Gasteiger partial charge in [0.1, 0.15) is 12.4 Å². The standard InChI is InChI=1S/C15H17N5O2/c1-2-6-14-16-13(19-22-14)10-20-15(21)17-12(18-20)9-11-7-4-3-5-8-11/h3-5,7-8H,2,6,9-10H2,1H3,(H,17,18,21). The Bertz CT molecular complexity index is 788. The van der Waals surface area contributed by atoms with Gasteiger partial charge in [0.15, 0.2) is 5.82 Å². The van der Waals surface area contributed by atoms with Crippen molar-refractivity contribution >= 4 is 0 Å². The highest BCUT2D eigenvalue weighted by molar-refractivity contribution is 5.18. The van der Waals surface area contributed by atoms with Crippen molar-refractivity contribution in [2.45, 2.75) is 32.7 Å². The number of hydrogen-bond acceptors (Lipinski definition) is 5. The van der Waals surface area contributed by atoms with Crippen molar-refractivity contribution in [1.82, 2.24) is 24.9 Å². The van der Waals surface area contributed by atoms with Gasteiger partial charge < -0.3 is 4.52 Å². The number of aromatic nitrogens is 5. The SMILES string of the molecule is CCCc1nc(Cn2nc(Cc3ccccc3)[nH]c2=O)no1. The van der Waals surface area contributed by atoms with Crippen LogP contribution in [0.3, 0.4) is 0 Å². The van der Waals surface area contributed by atoms with Gasteiger partial charge in [-0.3, -0.25) is 4.98 Å². The van der Waals surface area contributed by atoms with Gasteiger partial charge in [-0.1, -0.05) is 42.4 Å². The first-order valence-electron chi connectivity index (χ1n) is 7.26. The van der Waals surface area contributed by atoms with Crippen LogP contribution in [0.15, 0.2) is 39.6 Å². The van der Waals surface area contributed by atoms with Crippen LogP contribution in [0.2, 0.25) is 0 Å². The minimum atomic E-state index is -0.271. The molecule has 0 spiro atoms. The quantitative estimate of drug-likeness (QED) is 0.745. The Kier molecular flexibility index (Phi) is 4.13. The minimum absolute atomic E-state index is 0.206. The predicted molar refractivity (Wildman–Crippen MR) is 79.5 cm³/mol. The Hall–Kier alpha value is -2.70. The molecule has 0 saturated carbocycles. The zero-order chi connectivity index (χ0) is 15.4. The van der Waals surface area contributed by atoms with Crippen molar-refractivity contribution in [2.24, 2.45) is 0 Å².